The summed E-state index contributed by atoms with van der Waals surface area (Å²) in [6.45, 7) is 3.69. The molecule has 0 spiro atoms. The molecule has 2 aromatic rings. The first-order valence-corrected chi connectivity index (χ1v) is 10.4. The summed E-state index contributed by atoms with van der Waals surface area (Å²) in [5.74, 6) is 0.488. The Morgan fingerprint density at radius 1 is 1.38 bits per heavy atom. The molecule has 8 nitrogen and oxygen atoms in total. The molecule has 0 aliphatic rings. The second-order valence-electron chi connectivity index (χ2n) is 5.34. The van der Waals surface area contributed by atoms with Gasteiger partial charge >= 0.3 is 0 Å². The van der Waals surface area contributed by atoms with Crippen molar-refractivity contribution in [3.05, 3.63) is 30.6 Å². The lowest BCUT2D eigenvalue weighted by Gasteiger charge is -2.13. The van der Waals surface area contributed by atoms with Crippen molar-refractivity contribution in [1.82, 2.24) is 14.3 Å². The molecular formula is C16H22N4O4S2. The number of hydrogen-bond acceptors (Lipinski definition) is 6. The van der Waals surface area contributed by atoms with Gasteiger partial charge in [-0.1, -0.05) is 11.8 Å². The van der Waals surface area contributed by atoms with Crippen LogP contribution in [0.4, 0.5) is 5.69 Å². The number of ether oxygens (including phenoxy) is 1. The number of imidazole rings is 1. The average molecular weight is 399 g/mol. The van der Waals surface area contributed by atoms with Crippen molar-refractivity contribution in [3.63, 3.8) is 0 Å². The molecular weight excluding hydrogens is 376 g/mol. The first-order valence-electron chi connectivity index (χ1n) is 7.97. The molecule has 2 N–H and O–H groups in total. The zero-order valence-corrected chi connectivity index (χ0v) is 16.5. The number of aromatic nitrogens is 2. The molecule has 0 radical (unpaired) electrons. The Hall–Kier alpha value is -2.04. The Morgan fingerprint density at radius 2 is 2.15 bits per heavy atom. The molecule has 10 heteroatoms. The van der Waals surface area contributed by atoms with Crippen LogP contribution in [0.15, 0.2) is 40.6 Å². The predicted octanol–water partition coefficient (Wildman–Crippen LogP) is 1.85. The van der Waals surface area contributed by atoms with Gasteiger partial charge in [-0.25, -0.2) is 18.1 Å². The number of carbonyl (C=O) groups excluding carboxylic acids is 1. The van der Waals surface area contributed by atoms with Gasteiger partial charge in [-0.05, 0) is 25.1 Å². The molecule has 1 amide bonds. The molecule has 0 fully saturated rings. The number of hydrogen-bond donors (Lipinski definition) is 2. The Kier molecular flexibility index (Phi) is 7.06. The number of benzene rings is 1. The highest BCUT2D eigenvalue weighted by Crippen LogP contribution is 2.27. The largest absolute Gasteiger partial charge is 0.492 e. The third-order valence-corrected chi connectivity index (χ3v) is 5.80. The number of sulfonamides is 1. The molecule has 2 rings (SSSR count). The molecule has 1 aromatic heterocycles. The molecule has 0 saturated carbocycles. The van der Waals surface area contributed by atoms with E-state index in [1.165, 1.54) is 30.8 Å². The lowest BCUT2D eigenvalue weighted by atomic mass is 10.3. The van der Waals surface area contributed by atoms with Crippen molar-refractivity contribution in [1.29, 1.82) is 0 Å². The Labute approximate surface area is 157 Å². The van der Waals surface area contributed by atoms with Gasteiger partial charge in [0.05, 0.1) is 6.61 Å². The molecule has 0 atom stereocenters. The van der Waals surface area contributed by atoms with Gasteiger partial charge in [-0.15, -0.1) is 0 Å². The number of aryl methyl sites for hydroxylation is 1. The Bertz CT molecular complexity index is 865. The minimum absolute atomic E-state index is 0.00686. The van der Waals surface area contributed by atoms with Gasteiger partial charge in [0, 0.05) is 44.4 Å². The minimum atomic E-state index is -3.79. The fourth-order valence-electron chi connectivity index (χ4n) is 2.16. The maximum Gasteiger partial charge on any atom is 0.244 e. The topological polar surface area (TPSA) is 102 Å². The Balaban J connectivity index is 2.09. The lowest BCUT2D eigenvalue weighted by Crippen LogP contribution is -2.27. The van der Waals surface area contributed by atoms with Crippen LogP contribution in [0.25, 0.3) is 0 Å². The van der Waals surface area contributed by atoms with Crippen LogP contribution in [-0.2, 0) is 21.9 Å². The van der Waals surface area contributed by atoms with E-state index in [4.69, 9.17) is 4.74 Å². The van der Waals surface area contributed by atoms with E-state index >= 15 is 0 Å². The summed E-state index contributed by atoms with van der Waals surface area (Å²) in [4.78, 5) is 15.4. The maximum absolute atomic E-state index is 12.7. The van der Waals surface area contributed by atoms with E-state index in [1.807, 2.05) is 17.8 Å². The molecule has 0 saturated heterocycles. The minimum Gasteiger partial charge on any atom is -0.492 e. The summed E-state index contributed by atoms with van der Waals surface area (Å²) < 4.78 is 35.2. The van der Waals surface area contributed by atoms with Crippen LogP contribution in [0, 0.1) is 0 Å². The fourth-order valence-corrected chi connectivity index (χ4v) is 4.28. The SMILES string of the molecule is CCOc1ccc(NC(C)=O)cc1S(=O)(=O)NCCSc1nccn1C. The first kappa shape index (κ1) is 20.3. The highest BCUT2D eigenvalue weighted by atomic mass is 32.2. The summed E-state index contributed by atoms with van der Waals surface area (Å²) >= 11 is 1.45. The first-order chi connectivity index (χ1) is 12.3. The molecule has 0 unspecified atom stereocenters. The van der Waals surface area contributed by atoms with Crippen molar-refractivity contribution in [2.24, 2.45) is 7.05 Å². The summed E-state index contributed by atoms with van der Waals surface area (Å²) in [5, 5.41) is 3.39. The maximum atomic E-state index is 12.7. The second-order valence-corrected chi connectivity index (χ2v) is 8.14. The molecule has 0 aliphatic carbocycles. The zero-order valence-electron chi connectivity index (χ0n) is 14.9. The third kappa shape index (κ3) is 5.48. The van der Waals surface area contributed by atoms with E-state index in [-0.39, 0.29) is 23.1 Å². The van der Waals surface area contributed by atoms with Crippen LogP contribution >= 0.6 is 11.8 Å². The average Bonchev–Trinajstić information content (AvgIpc) is 2.98. The molecule has 0 bridgehead atoms. The number of thioether (sulfide) groups is 1. The van der Waals surface area contributed by atoms with E-state index < -0.39 is 10.0 Å². The zero-order chi connectivity index (χ0) is 19.2. The van der Waals surface area contributed by atoms with Crippen LogP contribution in [0.5, 0.6) is 5.75 Å². The number of amides is 1. The number of nitrogens with one attached hydrogen (secondary N) is 2. The summed E-state index contributed by atoms with van der Waals surface area (Å²) in [7, 11) is -1.91. The van der Waals surface area contributed by atoms with E-state index in [0.29, 0.717) is 18.0 Å². The number of nitrogens with zero attached hydrogens (tertiary/aromatic N) is 2. The third-order valence-electron chi connectivity index (χ3n) is 3.26. The van der Waals surface area contributed by atoms with Gasteiger partial charge in [-0.3, -0.25) is 4.79 Å². The van der Waals surface area contributed by atoms with Gasteiger partial charge in [0.2, 0.25) is 15.9 Å². The van der Waals surface area contributed by atoms with E-state index in [1.54, 1.807) is 19.2 Å². The summed E-state index contributed by atoms with van der Waals surface area (Å²) in [6.07, 6.45) is 3.52. The van der Waals surface area contributed by atoms with Crippen LogP contribution in [-0.4, -0.2) is 42.8 Å². The van der Waals surface area contributed by atoms with E-state index in [0.717, 1.165) is 5.16 Å². The molecule has 142 valence electrons. The van der Waals surface area contributed by atoms with Crippen molar-refractivity contribution in [2.45, 2.75) is 23.9 Å². The molecule has 0 aliphatic heterocycles. The summed E-state index contributed by atoms with van der Waals surface area (Å²) in [5.41, 5.74) is 0.392. The van der Waals surface area contributed by atoms with Crippen molar-refractivity contribution < 1.29 is 17.9 Å². The Morgan fingerprint density at radius 3 is 2.77 bits per heavy atom. The molecule has 1 aromatic carbocycles. The van der Waals surface area contributed by atoms with E-state index in [9.17, 15) is 13.2 Å². The number of anilines is 1. The highest BCUT2D eigenvalue weighted by Gasteiger charge is 2.20. The van der Waals surface area contributed by atoms with Crippen LogP contribution < -0.4 is 14.8 Å². The normalized spacial score (nSPS) is 11.3. The van der Waals surface area contributed by atoms with Crippen molar-refractivity contribution in [2.75, 3.05) is 24.2 Å². The van der Waals surface area contributed by atoms with Gasteiger partial charge in [0.1, 0.15) is 10.6 Å². The lowest BCUT2D eigenvalue weighted by molar-refractivity contribution is -0.114. The van der Waals surface area contributed by atoms with Crippen molar-refractivity contribution in [3.8, 4) is 5.75 Å². The van der Waals surface area contributed by atoms with Crippen LogP contribution in [0.3, 0.4) is 0 Å². The predicted molar refractivity (Wildman–Crippen MR) is 101 cm³/mol. The summed E-state index contributed by atoms with van der Waals surface area (Å²) in [6, 6.07) is 4.52. The fraction of sp³-hybridized carbons (Fsp3) is 0.375. The standard InChI is InChI=1S/C16H22N4O4S2/c1-4-24-14-6-5-13(19-12(2)21)11-15(14)26(22,23)18-8-10-25-16-17-7-9-20(16)3/h5-7,9,11,18H,4,8,10H2,1-3H3,(H,19,21). The number of carbonyl (C=O) groups is 1. The smallest absolute Gasteiger partial charge is 0.244 e. The molecule has 26 heavy (non-hydrogen) atoms. The van der Waals surface area contributed by atoms with Crippen molar-refractivity contribution >= 4 is 33.4 Å². The number of rotatable bonds is 9. The van der Waals surface area contributed by atoms with Crippen LogP contribution in [0.2, 0.25) is 0 Å². The highest BCUT2D eigenvalue weighted by molar-refractivity contribution is 7.99. The van der Waals surface area contributed by atoms with Crippen LogP contribution in [0.1, 0.15) is 13.8 Å². The van der Waals surface area contributed by atoms with Gasteiger partial charge < -0.3 is 14.6 Å². The van der Waals surface area contributed by atoms with Gasteiger partial charge in [0.25, 0.3) is 0 Å². The monoisotopic (exact) mass is 398 g/mol. The van der Waals surface area contributed by atoms with E-state index in [2.05, 4.69) is 15.0 Å². The van der Waals surface area contributed by atoms with Gasteiger partial charge in [-0.2, -0.15) is 0 Å². The molecule has 1 heterocycles. The van der Waals surface area contributed by atoms with Gasteiger partial charge in [0.15, 0.2) is 5.16 Å². The second kappa shape index (κ2) is 9.06. The quantitative estimate of drug-likeness (QED) is 0.494.